The molecule has 0 bridgehead atoms. The van der Waals surface area contributed by atoms with Crippen molar-refractivity contribution in [1.82, 2.24) is 10.2 Å². The van der Waals surface area contributed by atoms with E-state index in [-0.39, 0.29) is 11.9 Å². The Morgan fingerprint density at radius 2 is 1.72 bits per heavy atom. The van der Waals surface area contributed by atoms with Crippen LogP contribution in [0.3, 0.4) is 0 Å². The first-order valence-corrected chi connectivity index (χ1v) is 9.29. The lowest BCUT2D eigenvalue weighted by molar-refractivity contribution is 0.0940. The summed E-state index contributed by atoms with van der Waals surface area (Å²) in [6, 6.07) is 18.1. The number of carbonyl (C=O) groups is 1. The highest BCUT2D eigenvalue weighted by Gasteiger charge is 2.16. The number of nitrogens with one attached hydrogen (secondary N) is 1. The molecule has 0 saturated carbocycles. The van der Waals surface area contributed by atoms with Gasteiger partial charge < -0.3 is 5.32 Å². The first-order chi connectivity index (χ1) is 12.1. The molecular weight excluding hydrogens is 308 g/mol. The molecule has 132 valence electrons. The normalized spacial score (nSPS) is 17.2. The molecule has 3 nitrogen and oxygen atoms in total. The van der Waals surface area contributed by atoms with Gasteiger partial charge in [-0.2, -0.15) is 0 Å². The molecule has 3 heteroatoms. The third kappa shape index (κ3) is 4.93. The maximum Gasteiger partial charge on any atom is 0.251 e. The number of rotatable bonds is 5. The number of nitrogens with zero attached hydrogens (tertiary/aromatic N) is 1. The van der Waals surface area contributed by atoms with Crippen molar-refractivity contribution in [2.75, 3.05) is 13.1 Å². The van der Waals surface area contributed by atoms with Gasteiger partial charge in [-0.05, 0) is 62.0 Å². The molecule has 2 aromatic rings. The summed E-state index contributed by atoms with van der Waals surface area (Å²) in [4.78, 5) is 15.0. The molecule has 2 aromatic carbocycles. The standard InChI is InChI=1S/C22H28N2O/c1-17-12-14-24(15-13-17)16-19-8-10-21(11-9-19)22(25)23-18(2)20-6-4-3-5-7-20/h3-11,17-18H,12-16H2,1-2H3,(H,23,25). The summed E-state index contributed by atoms with van der Waals surface area (Å²) < 4.78 is 0. The van der Waals surface area contributed by atoms with E-state index in [2.05, 4.69) is 29.3 Å². The fourth-order valence-corrected chi connectivity index (χ4v) is 3.34. The predicted octanol–water partition coefficient (Wildman–Crippen LogP) is 4.41. The molecule has 1 unspecified atom stereocenters. The number of benzene rings is 2. The van der Waals surface area contributed by atoms with Crippen molar-refractivity contribution in [3.63, 3.8) is 0 Å². The van der Waals surface area contributed by atoms with Gasteiger partial charge in [0.25, 0.3) is 5.91 Å². The number of hydrogen-bond acceptors (Lipinski definition) is 2. The van der Waals surface area contributed by atoms with Crippen LogP contribution in [0.1, 0.15) is 54.2 Å². The van der Waals surface area contributed by atoms with Crippen molar-refractivity contribution in [2.45, 2.75) is 39.3 Å². The summed E-state index contributed by atoms with van der Waals surface area (Å²) in [6.07, 6.45) is 2.58. The van der Waals surface area contributed by atoms with Gasteiger partial charge in [-0.25, -0.2) is 0 Å². The maximum atomic E-state index is 12.4. The van der Waals surface area contributed by atoms with Gasteiger partial charge in [0.1, 0.15) is 0 Å². The zero-order valence-electron chi connectivity index (χ0n) is 15.2. The van der Waals surface area contributed by atoms with Gasteiger partial charge in [0.2, 0.25) is 0 Å². The van der Waals surface area contributed by atoms with E-state index in [9.17, 15) is 4.79 Å². The van der Waals surface area contributed by atoms with Gasteiger partial charge in [0.05, 0.1) is 6.04 Å². The van der Waals surface area contributed by atoms with E-state index >= 15 is 0 Å². The van der Waals surface area contributed by atoms with Crippen LogP contribution in [-0.4, -0.2) is 23.9 Å². The molecule has 1 aliphatic rings. The Morgan fingerprint density at radius 1 is 1.08 bits per heavy atom. The van der Waals surface area contributed by atoms with Gasteiger partial charge in [-0.1, -0.05) is 49.4 Å². The van der Waals surface area contributed by atoms with E-state index in [1.54, 1.807) is 0 Å². The monoisotopic (exact) mass is 336 g/mol. The van der Waals surface area contributed by atoms with Crippen LogP contribution in [0.4, 0.5) is 0 Å². The fourth-order valence-electron chi connectivity index (χ4n) is 3.34. The topological polar surface area (TPSA) is 32.3 Å². The van der Waals surface area contributed by atoms with Crippen LogP contribution in [-0.2, 0) is 6.54 Å². The molecule has 0 aromatic heterocycles. The molecule has 0 aliphatic carbocycles. The fraction of sp³-hybridized carbons (Fsp3) is 0.409. The lowest BCUT2D eigenvalue weighted by Crippen LogP contribution is -2.32. The maximum absolute atomic E-state index is 12.4. The average molecular weight is 336 g/mol. The summed E-state index contributed by atoms with van der Waals surface area (Å²) in [6.45, 7) is 7.69. The molecule has 1 amide bonds. The lowest BCUT2D eigenvalue weighted by atomic mass is 9.99. The third-order valence-electron chi connectivity index (χ3n) is 5.15. The van der Waals surface area contributed by atoms with E-state index in [0.717, 1.165) is 23.6 Å². The van der Waals surface area contributed by atoms with Gasteiger partial charge in [0.15, 0.2) is 0 Å². The minimum atomic E-state index is -0.0188. The SMILES string of the molecule is CC1CCN(Cc2ccc(C(=O)NC(C)c3ccccc3)cc2)CC1. The van der Waals surface area contributed by atoms with Crippen molar-refractivity contribution in [3.05, 3.63) is 71.3 Å². The van der Waals surface area contributed by atoms with Crippen LogP contribution >= 0.6 is 0 Å². The van der Waals surface area contributed by atoms with Gasteiger partial charge in [-0.15, -0.1) is 0 Å². The summed E-state index contributed by atoms with van der Waals surface area (Å²) >= 11 is 0. The Bertz CT molecular complexity index is 673. The second kappa shape index (κ2) is 8.30. The number of piperidine rings is 1. The number of likely N-dealkylation sites (tertiary alicyclic amines) is 1. The first kappa shape index (κ1) is 17.7. The van der Waals surface area contributed by atoms with Crippen LogP contribution in [0, 0.1) is 5.92 Å². The lowest BCUT2D eigenvalue weighted by Gasteiger charge is -2.30. The zero-order chi connectivity index (χ0) is 17.6. The Labute approximate surface area is 151 Å². The molecule has 3 rings (SSSR count). The van der Waals surface area contributed by atoms with E-state index in [1.165, 1.54) is 31.5 Å². The van der Waals surface area contributed by atoms with Crippen LogP contribution < -0.4 is 5.32 Å². The van der Waals surface area contributed by atoms with E-state index in [4.69, 9.17) is 0 Å². The van der Waals surface area contributed by atoms with E-state index in [1.807, 2.05) is 49.4 Å². The van der Waals surface area contributed by atoms with Crippen molar-refractivity contribution >= 4 is 5.91 Å². The van der Waals surface area contributed by atoms with Crippen molar-refractivity contribution in [1.29, 1.82) is 0 Å². The van der Waals surface area contributed by atoms with E-state index in [0.29, 0.717) is 0 Å². The minimum absolute atomic E-state index is 0.00344. The molecular formula is C22H28N2O. The molecule has 0 spiro atoms. The van der Waals surface area contributed by atoms with Gasteiger partial charge >= 0.3 is 0 Å². The Kier molecular flexibility index (Phi) is 5.87. The number of hydrogen-bond donors (Lipinski definition) is 1. The van der Waals surface area contributed by atoms with Crippen molar-refractivity contribution in [2.24, 2.45) is 5.92 Å². The molecule has 1 atom stereocenters. The van der Waals surface area contributed by atoms with Crippen LogP contribution in [0.25, 0.3) is 0 Å². The molecule has 1 fully saturated rings. The second-order valence-corrected chi connectivity index (χ2v) is 7.26. The highest BCUT2D eigenvalue weighted by Crippen LogP contribution is 2.18. The zero-order valence-corrected chi connectivity index (χ0v) is 15.2. The minimum Gasteiger partial charge on any atom is -0.346 e. The molecule has 25 heavy (non-hydrogen) atoms. The number of amides is 1. The molecule has 0 radical (unpaired) electrons. The Hall–Kier alpha value is -2.13. The summed E-state index contributed by atoms with van der Waals surface area (Å²) in [5.41, 5.74) is 3.12. The van der Waals surface area contributed by atoms with Crippen LogP contribution in [0.15, 0.2) is 54.6 Å². The highest BCUT2D eigenvalue weighted by molar-refractivity contribution is 5.94. The third-order valence-corrected chi connectivity index (χ3v) is 5.15. The first-order valence-electron chi connectivity index (χ1n) is 9.29. The molecule has 1 N–H and O–H groups in total. The van der Waals surface area contributed by atoms with Crippen LogP contribution in [0.2, 0.25) is 0 Å². The largest absolute Gasteiger partial charge is 0.346 e. The molecule has 1 heterocycles. The molecule has 1 saturated heterocycles. The number of carbonyl (C=O) groups excluding carboxylic acids is 1. The Balaban J connectivity index is 1.55. The summed E-state index contributed by atoms with van der Waals surface area (Å²) in [7, 11) is 0. The predicted molar refractivity (Wildman–Crippen MR) is 102 cm³/mol. The van der Waals surface area contributed by atoms with E-state index < -0.39 is 0 Å². The summed E-state index contributed by atoms with van der Waals surface area (Å²) in [5, 5.41) is 3.07. The second-order valence-electron chi connectivity index (χ2n) is 7.26. The average Bonchev–Trinajstić information content (AvgIpc) is 2.65. The quantitative estimate of drug-likeness (QED) is 0.877. The van der Waals surface area contributed by atoms with Crippen molar-refractivity contribution < 1.29 is 4.79 Å². The highest BCUT2D eigenvalue weighted by atomic mass is 16.1. The van der Waals surface area contributed by atoms with Crippen molar-refractivity contribution in [3.8, 4) is 0 Å². The van der Waals surface area contributed by atoms with Gasteiger partial charge in [-0.3, -0.25) is 9.69 Å². The molecule has 1 aliphatic heterocycles. The van der Waals surface area contributed by atoms with Crippen LogP contribution in [0.5, 0.6) is 0 Å². The van der Waals surface area contributed by atoms with Gasteiger partial charge in [0, 0.05) is 12.1 Å². The smallest absolute Gasteiger partial charge is 0.251 e. The Morgan fingerprint density at radius 3 is 2.36 bits per heavy atom. The summed E-state index contributed by atoms with van der Waals surface area (Å²) in [5.74, 6) is 0.837.